The van der Waals surface area contributed by atoms with Gasteiger partial charge in [-0.2, -0.15) is 0 Å². The van der Waals surface area contributed by atoms with Crippen LogP contribution in [-0.4, -0.2) is 31.0 Å². The summed E-state index contributed by atoms with van der Waals surface area (Å²) in [6.45, 7) is 7.87. The fourth-order valence-corrected chi connectivity index (χ4v) is 2.08. The molecule has 0 saturated heterocycles. The highest BCUT2D eigenvalue weighted by molar-refractivity contribution is 5.30. The Hall–Kier alpha value is -0.900. The molecule has 0 amide bonds. The molecule has 1 aromatic carbocycles. The van der Waals surface area contributed by atoms with Crippen LogP contribution in [0.1, 0.15) is 30.0 Å². The van der Waals surface area contributed by atoms with Crippen molar-refractivity contribution in [1.29, 1.82) is 0 Å². The highest BCUT2D eigenvalue weighted by atomic mass is 16.5. The minimum absolute atomic E-state index is 0.166. The average Bonchev–Trinajstić information content (AvgIpc) is 2.31. The second-order valence-electron chi connectivity index (χ2n) is 5.25. The number of hydrogen-bond acceptors (Lipinski definition) is 3. The van der Waals surface area contributed by atoms with Crippen molar-refractivity contribution in [2.45, 2.75) is 39.3 Å². The summed E-state index contributed by atoms with van der Waals surface area (Å²) in [7, 11) is 1.69. The molecule has 0 spiro atoms. The Morgan fingerprint density at radius 2 is 2.06 bits per heavy atom. The molecule has 0 aliphatic heterocycles. The Morgan fingerprint density at radius 3 is 2.67 bits per heavy atom. The van der Waals surface area contributed by atoms with Crippen LogP contribution in [0.25, 0.3) is 0 Å². The van der Waals surface area contributed by atoms with Gasteiger partial charge in [0.1, 0.15) is 0 Å². The van der Waals surface area contributed by atoms with E-state index in [0.717, 1.165) is 6.54 Å². The molecule has 1 unspecified atom stereocenters. The van der Waals surface area contributed by atoms with Crippen LogP contribution in [0, 0.1) is 13.8 Å². The van der Waals surface area contributed by atoms with Gasteiger partial charge in [-0.05, 0) is 38.3 Å². The fraction of sp³-hybridized carbons (Fsp3) is 0.600. The van der Waals surface area contributed by atoms with Gasteiger partial charge in [-0.25, -0.2) is 0 Å². The minimum atomic E-state index is -0.181. The summed E-state index contributed by atoms with van der Waals surface area (Å²) in [6, 6.07) is 6.47. The predicted octanol–water partition coefficient (Wildman–Crippen LogP) is 2.18. The molecule has 3 heteroatoms. The molecule has 0 radical (unpaired) electrons. The van der Waals surface area contributed by atoms with Gasteiger partial charge in [-0.15, -0.1) is 0 Å². The Balaban J connectivity index is 2.69. The lowest BCUT2D eigenvalue weighted by Gasteiger charge is -2.30. The van der Waals surface area contributed by atoms with Crippen LogP contribution < -0.4 is 5.32 Å². The van der Waals surface area contributed by atoms with Gasteiger partial charge in [-0.1, -0.05) is 23.8 Å². The van der Waals surface area contributed by atoms with E-state index in [9.17, 15) is 0 Å². The van der Waals surface area contributed by atoms with Crippen molar-refractivity contribution in [2.24, 2.45) is 0 Å². The molecular formula is C15H25NO2. The summed E-state index contributed by atoms with van der Waals surface area (Å²) in [5, 5.41) is 12.6. The number of hydrogen-bond donors (Lipinski definition) is 2. The van der Waals surface area contributed by atoms with Crippen molar-refractivity contribution in [1.82, 2.24) is 5.32 Å². The SMILES string of the molecule is COCC(C)(CCO)NCc1cc(C)ccc1C. The highest BCUT2D eigenvalue weighted by Gasteiger charge is 2.22. The van der Waals surface area contributed by atoms with E-state index in [1.807, 2.05) is 0 Å². The number of benzene rings is 1. The first kappa shape index (κ1) is 15.2. The second-order valence-corrected chi connectivity index (χ2v) is 5.25. The Morgan fingerprint density at radius 1 is 1.33 bits per heavy atom. The molecule has 1 atom stereocenters. The van der Waals surface area contributed by atoms with Crippen LogP contribution >= 0.6 is 0 Å². The number of methoxy groups -OCH3 is 1. The maximum Gasteiger partial charge on any atom is 0.0642 e. The van der Waals surface area contributed by atoms with Crippen LogP contribution in [0.15, 0.2) is 18.2 Å². The first-order valence-electron chi connectivity index (χ1n) is 6.42. The number of aryl methyl sites for hydroxylation is 2. The van der Waals surface area contributed by atoms with Gasteiger partial charge < -0.3 is 15.2 Å². The van der Waals surface area contributed by atoms with Gasteiger partial charge in [0.15, 0.2) is 0 Å². The maximum absolute atomic E-state index is 9.13. The van der Waals surface area contributed by atoms with E-state index in [1.165, 1.54) is 16.7 Å². The van der Waals surface area contributed by atoms with E-state index in [-0.39, 0.29) is 12.1 Å². The molecule has 0 fully saturated rings. The van der Waals surface area contributed by atoms with Crippen molar-refractivity contribution in [2.75, 3.05) is 20.3 Å². The summed E-state index contributed by atoms with van der Waals surface area (Å²) >= 11 is 0. The molecule has 0 aliphatic rings. The first-order valence-corrected chi connectivity index (χ1v) is 6.42. The van der Waals surface area contributed by atoms with E-state index in [1.54, 1.807) is 7.11 Å². The van der Waals surface area contributed by atoms with Crippen molar-refractivity contribution < 1.29 is 9.84 Å². The number of nitrogens with one attached hydrogen (secondary N) is 1. The number of rotatable bonds is 7. The molecule has 18 heavy (non-hydrogen) atoms. The van der Waals surface area contributed by atoms with Crippen LogP contribution in [0.2, 0.25) is 0 Å². The minimum Gasteiger partial charge on any atom is -0.396 e. The maximum atomic E-state index is 9.13. The first-order chi connectivity index (χ1) is 8.50. The van der Waals surface area contributed by atoms with Crippen LogP contribution in [0.5, 0.6) is 0 Å². The van der Waals surface area contributed by atoms with E-state index in [4.69, 9.17) is 9.84 Å². The molecule has 1 aromatic rings. The molecule has 0 aromatic heterocycles. The zero-order valence-corrected chi connectivity index (χ0v) is 11.9. The van der Waals surface area contributed by atoms with Crippen LogP contribution in [-0.2, 0) is 11.3 Å². The molecule has 1 rings (SSSR count). The average molecular weight is 251 g/mol. The monoisotopic (exact) mass is 251 g/mol. The Labute approximate surface area is 110 Å². The Bertz CT molecular complexity index is 371. The molecule has 3 nitrogen and oxygen atoms in total. The summed E-state index contributed by atoms with van der Waals surface area (Å²) in [4.78, 5) is 0. The lowest BCUT2D eigenvalue weighted by Crippen LogP contribution is -2.46. The number of ether oxygens (including phenoxy) is 1. The van der Waals surface area contributed by atoms with Crippen molar-refractivity contribution in [3.8, 4) is 0 Å². The number of aliphatic hydroxyl groups is 1. The van der Waals surface area contributed by atoms with E-state index < -0.39 is 0 Å². The van der Waals surface area contributed by atoms with Gasteiger partial charge >= 0.3 is 0 Å². The van der Waals surface area contributed by atoms with Gasteiger partial charge in [-0.3, -0.25) is 0 Å². The quantitative estimate of drug-likeness (QED) is 0.780. The van der Waals surface area contributed by atoms with Crippen LogP contribution in [0.3, 0.4) is 0 Å². The molecule has 0 bridgehead atoms. The van der Waals surface area contributed by atoms with Crippen molar-refractivity contribution in [3.05, 3.63) is 34.9 Å². The second kappa shape index (κ2) is 6.88. The topological polar surface area (TPSA) is 41.5 Å². The van der Waals surface area contributed by atoms with E-state index in [0.29, 0.717) is 13.0 Å². The van der Waals surface area contributed by atoms with Crippen molar-refractivity contribution >= 4 is 0 Å². The molecule has 102 valence electrons. The largest absolute Gasteiger partial charge is 0.396 e. The normalized spacial score (nSPS) is 14.5. The zero-order valence-electron chi connectivity index (χ0n) is 11.9. The van der Waals surface area contributed by atoms with E-state index in [2.05, 4.69) is 44.3 Å². The standard InChI is InChI=1S/C15H25NO2/c1-12-5-6-13(2)14(9-12)10-16-15(3,7-8-17)11-18-4/h5-6,9,16-17H,7-8,10-11H2,1-4H3. The van der Waals surface area contributed by atoms with Gasteiger partial charge in [0.2, 0.25) is 0 Å². The Kier molecular flexibility index (Phi) is 5.79. The van der Waals surface area contributed by atoms with Gasteiger partial charge in [0.05, 0.1) is 6.61 Å². The third-order valence-corrected chi connectivity index (χ3v) is 3.34. The lowest BCUT2D eigenvalue weighted by molar-refractivity contribution is 0.0969. The molecule has 0 saturated carbocycles. The molecular weight excluding hydrogens is 226 g/mol. The lowest BCUT2D eigenvalue weighted by atomic mass is 9.98. The fourth-order valence-electron chi connectivity index (χ4n) is 2.08. The van der Waals surface area contributed by atoms with Gasteiger partial charge in [0, 0.05) is 25.8 Å². The third-order valence-electron chi connectivity index (χ3n) is 3.34. The number of aliphatic hydroxyl groups excluding tert-OH is 1. The smallest absolute Gasteiger partial charge is 0.0642 e. The van der Waals surface area contributed by atoms with Crippen molar-refractivity contribution in [3.63, 3.8) is 0 Å². The van der Waals surface area contributed by atoms with E-state index >= 15 is 0 Å². The summed E-state index contributed by atoms with van der Waals surface area (Å²) in [5.41, 5.74) is 3.68. The summed E-state index contributed by atoms with van der Waals surface area (Å²) in [5.74, 6) is 0. The summed E-state index contributed by atoms with van der Waals surface area (Å²) < 4.78 is 5.23. The molecule has 0 heterocycles. The molecule has 0 aliphatic carbocycles. The highest BCUT2D eigenvalue weighted by Crippen LogP contribution is 2.14. The predicted molar refractivity (Wildman–Crippen MR) is 74.7 cm³/mol. The molecule has 2 N–H and O–H groups in total. The van der Waals surface area contributed by atoms with Crippen LogP contribution in [0.4, 0.5) is 0 Å². The summed E-state index contributed by atoms with van der Waals surface area (Å²) in [6.07, 6.45) is 0.686. The van der Waals surface area contributed by atoms with Gasteiger partial charge in [0.25, 0.3) is 0 Å². The zero-order chi connectivity index (χ0) is 13.6. The third kappa shape index (κ3) is 4.41.